The number of nitrogens with zero attached hydrogens (tertiary/aromatic N) is 2. The molecule has 6 heteroatoms. The number of carboxylic acid groups (broad SMARTS) is 1. The predicted octanol–water partition coefficient (Wildman–Crippen LogP) is 1.87. The number of anilines is 1. The number of hydrogen-bond acceptors (Lipinski definition) is 3. The normalized spacial score (nSPS) is 10.4. The van der Waals surface area contributed by atoms with E-state index in [9.17, 15) is 4.79 Å². The average Bonchev–Trinajstić information content (AvgIpc) is 2.69. The number of aliphatic carboxylic acids is 1. The van der Waals surface area contributed by atoms with Gasteiger partial charge >= 0.3 is 5.97 Å². The molecule has 0 amide bonds. The van der Waals surface area contributed by atoms with Gasteiger partial charge in [0, 0.05) is 11.8 Å². The number of nitrogens with two attached hydrogens (primary N) is 1. The van der Waals surface area contributed by atoms with Crippen LogP contribution in [-0.4, -0.2) is 20.9 Å². The lowest BCUT2D eigenvalue weighted by Gasteiger charge is -2.01. The van der Waals surface area contributed by atoms with Crippen molar-refractivity contribution in [3.05, 3.63) is 35.6 Å². The Morgan fingerprint density at radius 1 is 1.47 bits per heavy atom. The van der Waals surface area contributed by atoms with E-state index in [1.54, 1.807) is 30.6 Å². The standard InChI is InChI=1S/C11H10ClN3O2/c12-9-2-1-7(3-10(9)13)8-4-14-15(5-8)6-11(16)17/h1-5H,6,13H2,(H,16,17). The Morgan fingerprint density at radius 3 is 2.88 bits per heavy atom. The summed E-state index contributed by atoms with van der Waals surface area (Å²) in [7, 11) is 0. The summed E-state index contributed by atoms with van der Waals surface area (Å²) in [6.07, 6.45) is 3.24. The molecule has 0 aliphatic heterocycles. The number of nitrogen functional groups attached to an aromatic ring is 1. The molecule has 0 aliphatic rings. The molecule has 0 atom stereocenters. The summed E-state index contributed by atoms with van der Waals surface area (Å²) < 4.78 is 1.35. The van der Waals surface area contributed by atoms with Crippen LogP contribution in [0.25, 0.3) is 11.1 Å². The maximum atomic E-state index is 10.5. The minimum atomic E-state index is -0.935. The van der Waals surface area contributed by atoms with Gasteiger partial charge in [0.05, 0.1) is 16.9 Å². The van der Waals surface area contributed by atoms with Crippen LogP contribution in [-0.2, 0) is 11.3 Å². The molecule has 0 fully saturated rings. The summed E-state index contributed by atoms with van der Waals surface area (Å²) in [5.41, 5.74) is 7.82. The van der Waals surface area contributed by atoms with Crippen molar-refractivity contribution in [2.45, 2.75) is 6.54 Å². The van der Waals surface area contributed by atoms with Gasteiger partial charge in [0.15, 0.2) is 0 Å². The van der Waals surface area contributed by atoms with Crippen LogP contribution in [0.1, 0.15) is 0 Å². The molecule has 5 nitrogen and oxygen atoms in total. The zero-order valence-corrected chi connectivity index (χ0v) is 9.55. The molecule has 0 spiro atoms. The molecule has 0 bridgehead atoms. The van der Waals surface area contributed by atoms with Crippen molar-refractivity contribution < 1.29 is 9.90 Å². The fraction of sp³-hybridized carbons (Fsp3) is 0.0909. The zero-order chi connectivity index (χ0) is 12.4. The van der Waals surface area contributed by atoms with Crippen LogP contribution >= 0.6 is 11.6 Å². The van der Waals surface area contributed by atoms with Gasteiger partial charge in [-0.2, -0.15) is 5.10 Å². The lowest BCUT2D eigenvalue weighted by atomic mass is 10.1. The number of benzene rings is 1. The summed E-state index contributed by atoms with van der Waals surface area (Å²) in [5, 5.41) is 13.1. The van der Waals surface area contributed by atoms with Crippen molar-refractivity contribution in [3.8, 4) is 11.1 Å². The summed E-state index contributed by atoms with van der Waals surface area (Å²) >= 11 is 5.82. The Morgan fingerprint density at radius 2 is 2.24 bits per heavy atom. The fourth-order valence-corrected chi connectivity index (χ4v) is 1.58. The van der Waals surface area contributed by atoms with E-state index in [0.717, 1.165) is 11.1 Å². The molecule has 1 heterocycles. The molecule has 1 aromatic carbocycles. The van der Waals surface area contributed by atoms with Gasteiger partial charge in [-0.05, 0) is 17.7 Å². The molecule has 2 rings (SSSR count). The van der Waals surface area contributed by atoms with Gasteiger partial charge in [-0.15, -0.1) is 0 Å². The van der Waals surface area contributed by atoms with Gasteiger partial charge < -0.3 is 10.8 Å². The topological polar surface area (TPSA) is 81.1 Å². The van der Waals surface area contributed by atoms with Crippen LogP contribution in [0.15, 0.2) is 30.6 Å². The molecule has 88 valence electrons. The van der Waals surface area contributed by atoms with E-state index in [1.807, 2.05) is 0 Å². The average molecular weight is 252 g/mol. The first-order valence-electron chi connectivity index (χ1n) is 4.86. The maximum absolute atomic E-state index is 10.5. The number of rotatable bonds is 3. The van der Waals surface area contributed by atoms with Crippen LogP contribution in [0.3, 0.4) is 0 Å². The Labute approximate surface area is 102 Å². The highest BCUT2D eigenvalue weighted by Gasteiger charge is 2.06. The Hall–Kier alpha value is -2.01. The predicted molar refractivity (Wildman–Crippen MR) is 64.7 cm³/mol. The van der Waals surface area contributed by atoms with Gasteiger partial charge in [-0.3, -0.25) is 9.48 Å². The second-order valence-corrected chi connectivity index (χ2v) is 3.96. The van der Waals surface area contributed by atoms with E-state index in [-0.39, 0.29) is 6.54 Å². The molecule has 17 heavy (non-hydrogen) atoms. The SMILES string of the molecule is Nc1cc(-c2cnn(CC(=O)O)c2)ccc1Cl. The fourth-order valence-electron chi connectivity index (χ4n) is 1.46. The first-order chi connectivity index (χ1) is 8.06. The molecule has 0 radical (unpaired) electrons. The van der Waals surface area contributed by atoms with Gasteiger partial charge in [0.2, 0.25) is 0 Å². The maximum Gasteiger partial charge on any atom is 0.325 e. The second kappa shape index (κ2) is 4.47. The van der Waals surface area contributed by atoms with Crippen LogP contribution in [0, 0.1) is 0 Å². The molecule has 2 aromatic rings. The Balaban J connectivity index is 2.30. The second-order valence-electron chi connectivity index (χ2n) is 3.56. The van der Waals surface area contributed by atoms with E-state index in [4.69, 9.17) is 22.4 Å². The largest absolute Gasteiger partial charge is 0.480 e. The lowest BCUT2D eigenvalue weighted by Crippen LogP contribution is -2.08. The van der Waals surface area contributed by atoms with Crippen molar-refractivity contribution in [2.75, 3.05) is 5.73 Å². The number of halogens is 1. The molecule has 3 N–H and O–H groups in total. The van der Waals surface area contributed by atoms with Crippen molar-refractivity contribution >= 4 is 23.3 Å². The summed E-state index contributed by atoms with van der Waals surface area (Å²) in [4.78, 5) is 10.5. The van der Waals surface area contributed by atoms with Gasteiger partial charge in [0.1, 0.15) is 6.54 Å². The smallest absolute Gasteiger partial charge is 0.325 e. The van der Waals surface area contributed by atoms with E-state index >= 15 is 0 Å². The third kappa shape index (κ3) is 2.57. The molecule has 0 saturated carbocycles. The van der Waals surface area contributed by atoms with Crippen molar-refractivity contribution in [3.63, 3.8) is 0 Å². The number of hydrogen-bond donors (Lipinski definition) is 2. The van der Waals surface area contributed by atoms with Gasteiger partial charge in [0.25, 0.3) is 0 Å². The van der Waals surface area contributed by atoms with Crippen LogP contribution in [0.2, 0.25) is 5.02 Å². The van der Waals surface area contributed by atoms with Crippen molar-refractivity contribution in [1.82, 2.24) is 9.78 Å². The highest BCUT2D eigenvalue weighted by Crippen LogP contribution is 2.26. The van der Waals surface area contributed by atoms with Crippen molar-refractivity contribution in [2.24, 2.45) is 0 Å². The molecule has 0 saturated heterocycles. The first-order valence-corrected chi connectivity index (χ1v) is 5.23. The highest BCUT2D eigenvalue weighted by molar-refractivity contribution is 6.33. The summed E-state index contributed by atoms with van der Waals surface area (Å²) in [6.45, 7) is -0.164. The minimum Gasteiger partial charge on any atom is -0.480 e. The lowest BCUT2D eigenvalue weighted by molar-refractivity contribution is -0.137. The monoisotopic (exact) mass is 251 g/mol. The molecular weight excluding hydrogens is 242 g/mol. The molecular formula is C11H10ClN3O2. The third-order valence-electron chi connectivity index (χ3n) is 2.26. The van der Waals surface area contributed by atoms with E-state index in [1.165, 1.54) is 4.68 Å². The van der Waals surface area contributed by atoms with Crippen molar-refractivity contribution in [1.29, 1.82) is 0 Å². The number of carboxylic acids is 1. The van der Waals surface area contributed by atoms with Gasteiger partial charge in [-0.1, -0.05) is 17.7 Å². The quantitative estimate of drug-likeness (QED) is 0.816. The Kier molecular flexibility index (Phi) is 3.01. The first kappa shape index (κ1) is 11.5. The third-order valence-corrected chi connectivity index (χ3v) is 2.60. The Bertz CT molecular complexity index is 566. The number of carbonyl (C=O) groups is 1. The van der Waals surface area contributed by atoms with Gasteiger partial charge in [-0.25, -0.2) is 0 Å². The summed E-state index contributed by atoms with van der Waals surface area (Å²) in [6, 6.07) is 5.23. The minimum absolute atomic E-state index is 0.164. The summed E-state index contributed by atoms with van der Waals surface area (Å²) in [5.74, 6) is -0.935. The van der Waals surface area contributed by atoms with E-state index in [0.29, 0.717) is 10.7 Å². The molecule has 0 unspecified atom stereocenters. The molecule has 1 aromatic heterocycles. The number of aromatic nitrogens is 2. The zero-order valence-electron chi connectivity index (χ0n) is 8.80. The van der Waals surface area contributed by atoms with Crippen LogP contribution in [0.4, 0.5) is 5.69 Å². The van der Waals surface area contributed by atoms with Crippen LogP contribution in [0.5, 0.6) is 0 Å². The highest BCUT2D eigenvalue weighted by atomic mass is 35.5. The van der Waals surface area contributed by atoms with E-state index in [2.05, 4.69) is 5.10 Å². The van der Waals surface area contributed by atoms with Crippen LogP contribution < -0.4 is 5.73 Å². The van der Waals surface area contributed by atoms with E-state index < -0.39 is 5.97 Å². The molecule has 0 aliphatic carbocycles.